The van der Waals surface area contributed by atoms with Crippen LogP contribution in [0.3, 0.4) is 0 Å². The first-order chi connectivity index (χ1) is 13.8. The van der Waals surface area contributed by atoms with E-state index >= 15 is 0 Å². The number of carbonyl (C=O) groups is 1. The highest BCUT2D eigenvalue weighted by atomic mass is 16.3. The molecule has 3 N–H and O–H groups in total. The number of ketones is 1. The molecule has 0 saturated heterocycles. The summed E-state index contributed by atoms with van der Waals surface area (Å²) in [6, 6.07) is 9.05. The molecule has 2 rings (SSSR count). The Hall–Kier alpha value is -3.27. The molecule has 0 saturated carbocycles. The molecule has 0 radical (unpaired) electrons. The molecule has 0 spiro atoms. The van der Waals surface area contributed by atoms with Gasteiger partial charge in [-0.3, -0.25) is 4.79 Å². The average molecular weight is 392 g/mol. The lowest BCUT2D eigenvalue weighted by molar-refractivity contribution is 0.104. The third kappa shape index (κ3) is 6.68. The van der Waals surface area contributed by atoms with Crippen molar-refractivity contribution in [2.45, 2.75) is 40.0 Å². The molecule has 0 aromatic heterocycles. The summed E-state index contributed by atoms with van der Waals surface area (Å²) in [5.41, 5.74) is 3.80. The van der Waals surface area contributed by atoms with E-state index < -0.39 is 0 Å². The quantitative estimate of drug-likeness (QED) is 0.295. The number of benzene rings is 2. The Balaban J connectivity index is 2.14. The Morgan fingerprint density at radius 1 is 0.931 bits per heavy atom. The molecule has 0 aliphatic carbocycles. The summed E-state index contributed by atoms with van der Waals surface area (Å²) < 4.78 is 0. The topological polar surface area (TPSA) is 77.8 Å². The highest BCUT2D eigenvalue weighted by Crippen LogP contribution is 2.32. The smallest absolute Gasteiger partial charge is 0.185 e. The number of allylic oxidation sites excluding steroid dienone is 5. The minimum Gasteiger partial charge on any atom is -0.508 e. The van der Waals surface area contributed by atoms with Gasteiger partial charge in [-0.25, -0.2) is 0 Å². The molecule has 152 valence electrons. The number of phenols is 3. The number of phenolic OH excluding ortho intramolecular Hbond substituents is 3. The van der Waals surface area contributed by atoms with E-state index in [1.54, 1.807) is 6.07 Å². The van der Waals surface area contributed by atoms with Gasteiger partial charge in [0.1, 0.15) is 17.2 Å². The van der Waals surface area contributed by atoms with Gasteiger partial charge < -0.3 is 15.3 Å². The SMILES string of the molecule is CC(C)=CCC/C(C)=C/Cc1c(O)ccc(C=CC(=O)c2ccc(O)cc2)c1O. The summed E-state index contributed by atoms with van der Waals surface area (Å²) >= 11 is 0. The van der Waals surface area contributed by atoms with Crippen molar-refractivity contribution in [1.29, 1.82) is 0 Å². The van der Waals surface area contributed by atoms with E-state index in [-0.39, 0.29) is 23.0 Å². The lowest BCUT2D eigenvalue weighted by Crippen LogP contribution is -1.93. The van der Waals surface area contributed by atoms with Crippen LogP contribution in [0.5, 0.6) is 17.2 Å². The Labute approximate surface area is 172 Å². The van der Waals surface area contributed by atoms with Crippen LogP contribution in [0.15, 0.2) is 65.8 Å². The van der Waals surface area contributed by atoms with Gasteiger partial charge in [-0.05, 0) is 88.6 Å². The number of hydrogen-bond donors (Lipinski definition) is 3. The summed E-state index contributed by atoms with van der Waals surface area (Å²) in [7, 11) is 0. The van der Waals surface area contributed by atoms with Crippen LogP contribution in [0.4, 0.5) is 0 Å². The Kier molecular flexibility index (Phi) is 7.84. The molecule has 0 heterocycles. The van der Waals surface area contributed by atoms with E-state index in [4.69, 9.17) is 0 Å². The molecule has 4 nitrogen and oxygen atoms in total. The van der Waals surface area contributed by atoms with Gasteiger partial charge in [-0.15, -0.1) is 0 Å². The van der Waals surface area contributed by atoms with Crippen LogP contribution >= 0.6 is 0 Å². The van der Waals surface area contributed by atoms with Crippen LogP contribution in [-0.2, 0) is 6.42 Å². The molecule has 0 unspecified atom stereocenters. The summed E-state index contributed by atoms with van der Waals surface area (Å²) in [6.45, 7) is 6.17. The summed E-state index contributed by atoms with van der Waals surface area (Å²) in [6.07, 6.45) is 9.37. The van der Waals surface area contributed by atoms with Gasteiger partial charge in [-0.1, -0.05) is 23.3 Å². The van der Waals surface area contributed by atoms with Crippen LogP contribution < -0.4 is 0 Å². The maximum Gasteiger partial charge on any atom is 0.185 e. The van der Waals surface area contributed by atoms with E-state index in [2.05, 4.69) is 19.9 Å². The number of hydrogen-bond acceptors (Lipinski definition) is 4. The molecular formula is C25H28O4. The Bertz CT molecular complexity index is 944. The van der Waals surface area contributed by atoms with E-state index in [0.29, 0.717) is 23.1 Å². The molecule has 4 heteroatoms. The number of rotatable bonds is 8. The average Bonchev–Trinajstić information content (AvgIpc) is 2.67. The molecular weight excluding hydrogens is 364 g/mol. The van der Waals surface area contributed by atoms with Gasteiger partial charge in [-0.2, -0.15) is 0 Å². The van der Waals surface area contributed by atoms with Gasteiger partial charge in [0, 0.05) is 16.7 Å². The molecule has 2 aromatic carbocycles. The van der Waals surface area contributed by atoms with E-state index in [1.807, 2.05) is 13.0 Å². The molecule has 0 bridgehead atoms. The van der Waals surface area contributed by atoms with Crippen molar-refractivity contribution >= 4 is 11.9 Å². The first-order valence-corrected chi connectivity index (χ1v) is 9.62. The van der Waals surface area contributed by atoms with Gasteiger partial charge in [0.05, 0.1) is 0 Å². The summed E-state index contributed by atoms with van der Waals surface area (Å²) in [5, 5.41) is 30.0. The van der Waals surface area contributed by atoms with Crippen molar-refractivity contribution in [3.05, 3.63) is 82.5 Å². The molecule has 0 aliphatic rings. The van der Waals surface area contributed by atoms with E-state index in [9.17, 15) is 20.1 Å². The zero-order chi connectivity index (χ0) is 21.4. The second-order valence-electron chi connectivity index (χ2n) is 7.32. The molecule has 0 amide bonds. The molecule has 0 atom stereocenters. The minimum atomic E-state index is -0.242. The van der Waals surface area contributed by atoms with Crippen molar-refractivity contribution in [2.75, 3.05) is 0 Å². The first-order valence-electron chi connectivity index (χ1n) is 9.62. The number of aromatic hydroxyl groups is 3. The first kappa shape index (κ1) is 22.0. The van der Waals surface area contributed by atoms with E-state index in [1.165, 1.54) is 53.6 Å². The fourth-order valence-corrected chi connectivity index (χ4v) is 2.83. The van der Waals surface area contributed by atoms with Crippen LogP contribution in [-0.4, -0.2) is 21.1 Å². The third-order valence-electron chi connectivity index (χ3n) is 4.60. The zero-order valence-corrected chi connectivity index (χ0v) is 17.1. The van der Waals surface area contributed by atoms with E-state index in [0.717, 1.165) is 12.8 Å². The van der Waals surface area contributed by atoms with Crippen molar-refractivity contribution in [2.24, 2.45) is 0 Å². The lowest BCUT2D eigenvalue weighted by Gasteiger charge is -2.09. The van der Waals surface area contributed by atoms with Gasteiger partial charge in [0.15, 0.2) is 5.78 Å². The van der Waals surface area contributed by atoms with Gasteiger partial charge >= 0.3 is 0 Å². The second kappa shape index (κ2) is 10.3. The highest BCUT2D eigenvalue weighted by molar-refractivity contribution is 6.07. The second-order valence-corrected chi connectivity index (χ2v) is 7.32. The maximum absolute atomic E-state index is 12.2. The molecule has 0 fully saturated rings. The monoisotopic (exact) mass is 392 g/mol. The minimum absolute atomic E-state index is 0.0258. The normalized spacial score (nSPS) is 11.6. The van der Waals surface area contributed by atoms with Crippen molar-refractivity contribution < 1.29 is 20.1 Å². The molecule has 0 aliphatic heterocycles. The van der Waals surface area contributed by atoms with Crippen LogP contribution in [0.25, 0.3) is 6.08 Å². The van der Waals surface area contributed by atoms with Crippen molar-refractivity contribution in [1.82, 2.24) is 0 Å². The maximum atomic E-state index is 12.2. The Morgan fingerprint density at radius 3 is 2.28 bits per heavy atom. The van der Waals surface area contributed by atoms with Crippen molar-refractivity contribution in [3.63, 3.8) is 0 Å². The van der Waals surface area contributed by atoms with Crippen LogP contribution in [0.1, 0.15) is 55.1 Å². The van der Waals surface area contributed by atoms with Gasteiger partial charge in [0.2, 0.25) is 0 Å². The summed E-state index contributed by atoms with van der Waals surface area (Å²) in [5.74, 6) is -0.157. The lowest BCUT2D eigenvalue weighted by atomic mass is 10.0. The predicted octanol–water partition coefficient (Wildman–Crippen LogP) is 5.93. The molecule has 2 aromatic rings. The largest absolute Gasteiger partial charge is 0.508 e. The zero-order valence-electron chi connectivity index (χ0n) is 17.1. The fraction of sp³-hybridized carbons (Fsp3) is 0.240. The standard InChI is InChI=1S/C25H28O4/c1-17(2)5-4-6-18(3)7-14-22-24(28)16-11-20(25(22)29)10-15-23(27)19-8-12-21(26)13-9-19/h5,7-13,15-16,26,28-29H,4,6,14H2,1-3H3/b15-10?,18-7+. The van der Waals surface area contributed by atoms with Gasteiger partial charge in [0.25, 0.3) is 0 Å². The molecule has 29 heavy (non-hydrogen) atoms. The highest BCUT2D eigenvalue weighted by Gasteiger charge is 2.10. The number of carbonyl (C=O) groups excluding carboxylic acids is 1. The predicted molar refractivity (Wildman–Crippen MR) is 117 cm³/mol. The third-order valence-corrected chi connectivity index (χ3v) is 4.60. The van der Waals surface area contributed by atoms with Crippen LogP contribution in [0.2, 0.25) is 0 Å². The fourth-order valence-electron chi connectivity index (χ4n) is 2.83. The summed E-state index contributed by atoms with van der Waals surface area (Å²) in [4.78, 5) is 12.2. The Morgan fingerprint density at radius 2 is 1.62 bits per heavy atom. The van der Waals surface area contributed by atoms with Crippen LogP contribution in [0, 0.1) is 0 Å². The van der Waals surface area contributed by atoms with Crippen molar-refractivity contribution in [3.8, 4) is 17.2 Å².